The van der Waals surface area contributed by atoms with Crippen LogP contribution < -0.4 is 10.6 Å². The highest BCUT2D eigenvalue weighted by Gasteiger charge is 2.02. The molecule has 0 aliphatic heterocycles. The van der Waals surface area contributed by atoms with Crippen LogP contribution in [0.4, 0.5) is 0 Å². The summed E-state index contributed by atoms with van der Waals surface area (Å²) in [7, 11) is 0. The Morgan fingerprint density at radius 1 is 1.08 bits per heavy atom. The lowest BCUT2D eigenvalue weighted by Gasteiger charge is -2.12. The van der Waals surface area contributed by atoms with E-state index in [9.17, 15) is 5.11 Å². The third kappa shape index (κ3) is 6.84. The molecule has 1 aromatic carbocycles. The molecular formula is C18H25IN4O. The Kier molecular flexibility index (Phi) is 10.0. The Morgan fingerprint density at radius 2 is 1.83 bits per heavy atom. The lowest BCUT2D eigenvalue weighted by atomic mass is 10.1. The Balaban J connectivity index is 0.00000288. The number of halogens is 1. The molecule has 5 nitrogen and oxygen atoms in total. The number of guanidine groups is 1. The molecule has 0 saturated carbocycles. The molecule has 130 valence electrons. The molecule has 2 rings (SSSR count). The molecule has 1 aromatic heterocycles. The van der Waals surface area contributed by atoms with Crippen LogP contribution in [0.2, 0.25) is 0 Å². The number of nitrogens with one attached hydrogen (secondary N) is 2. The minimum absolute atomic E-state index is 0. The number of pyridine rings is 1. The lowest BCUT2D eigenvalue weighted by molar-refractivity contribution is 0.280. The van der Waals surface area contributed by atoms with Crippen LogP contribution in [0.5, 0.6) is 0 Å². The van der Waals surface area contributed by atoms with E-state index in [4.69, 9.17) is 0 Å². The first kappa shape index (κ1) is 20.4. The van der Waals surface area contributed by atoms with E-state index in [1.165, 1.54) is 0 Å². The summed E-state index contributed by atoms with van der Waals surface area (Å²) >= 11 is 0. The van der Waals surface area contributed by atoms with Gasteiger partial charge in [-0.1, -0.05) is 30.3 Å². The minimum atomic E-state index is 0. The van der Waals surface area contributed by atoms with Gasteiger partial charge in [0.25, 0.3) is 0 Å². The average Bonchev–Trinajstić information content (AvgIpc) is 2.61. The summed E-state index contributed by atoms with van der Waals surface area (Å²) in [4.78, 5) is 8.90. The second-order valence-electron chi connectivity index (χ2n) is 5.12. The van der Waals surface area contributed by atoms with Gasteiger partial charge in [0.2, 0.25) is 0 Å². The standard InChI is InChI=1S/C18H24N4O.HI/c1-2-19-18(21-12-10-17-9-5-6-11-20-17)22-13-15-7-3-4-8-16(15)14-23;/h3-9,11,23H,2,10,12-14H2,1H3,(H2,19,21,22);1H. The van der Waals surface area contributed by atoms with Crippen LogP contribution in [-0.2, 0) is 19.6 Å². The maximum atomic E-state index is 9.37. The van der Waals surface area contributed by atoms with Gasteiger partial charge in [-0.2, -0.15) is 0 Å². The third-order valence-electron chi connectivity index (χ3n) is 3.44. The van der Waals surface area contributed by atoms with E-state index in [0.29, 0.717) is 6.54 Å². The number of aliphatic hydroxyl groups is 1. The molecular weight excluding hydrogens is 415 g/mol. The Hall–Kier alpha value is -1.67. The van der Waals surface area contributed by atoms with Crippen LogP contribution in [-0.4, -0.2) is 29.1 Å². The normalized spacial score (nSPS) is 10.8. The highest BCUT2D eigenvalue weighted by Crippen LogP contribution is 2.09. The molecule has 0 spiro atoms. The van der Waals surface area contributed by atoms with E-state index in [2.05, 4.69) is 20.6 Å². The van der Waals surface area contributed by atoms with Crippen LogP contribution in [0.1, 0.15) is 23.7 Å². The molecule has 3 N–H and O–H groups in total. The number of hydrogen-bond acceptors (Lipinski definition) is 3. The monoisotopic (exact) mass is 440 g/mol. The summed E-state index contributed by atoms with van der Waals surface area (Å²) in [5.74, 6) is 0.774. The molecule has 1 heterocycles. The van der Waals surface area contributed by atoms with Gasteiger partial charge in [-0.3, -0.25) is 4.98 Å². The first-order valence-corrected chi connectivity index (χ1v) is 7.93. The Morgan fingerprint density at radius 3 is 2.50 bits per heavy atom. The van der Waals surface area contributed by atoms with E-state index in [-0.39, 0.29) is 30.6 Å². The fraction of sp³-hybridized carbons (Fsp3) is 0.333. The highest BCUT2D eigenvalue weighted by molar-refractivity contribution is 14.0. The molecule has 0 atom stereocenters. The quantitative estimate of drug-likeness (QED) is 0.352. The number of hydrogen-bond donors (Lipinski definition) is 3. The summed E-state index contributed by atoms with van der Waals surface area (Å²) in [6.45, 7) is 4.18. The minimum Gasteiger partial charge on any atom is -0.392 e. The summed E-state index contributed by atoms with van der Waals surface area (Å²) in [5, 5.41) is 15.9. The smallest absolute Gasteiger partial charge is 0.191 e. The van der Waals surface area contributed by atoms with Crippen LogP contribution >= 0.6 is 24.0 Å². The molecule has 0 amide bonds. The maximum Gasteiger partial charge on any atom is 0.191 e. The zero-order valence-electron chi connectivity index (χ0n) is 13.9. The second kappa shape index (κ2) is 11.8. The van der Waals surface area contributed by atoms with Crippen molar-refractivity contribution in [2.45, 2.75) is 26.5 Å². The van der Waals surface area contributed by atoms with Gasteiger partial charge in [0.1, 0.15) is 0 Å². The zero-order chi connectivity index (χ0) is 16.3. The van der Waals surface area contributed by atoms with E-state index < -0.39 is 0 Å². The fourth-order valence-corrected chi connectivity index (χ4v) is 2.23. The number of aromatic nitrogens is 1. The molecule has 0 fully saturated rings. The van der Waals surface area contributed by atoms with Crippen molar-refractivity contribution >= 4 is 29.9 Å². The molecule has 0 aliphatic carbocycles. The maximum absolute atomic E-state index is 9.37. The highest BCUT2D eigenvalue weighted by atomic mass is 127. The van der Waals surface area contributed by atoms with Crippen LogP contribution in [0, 0.1) is 0 Å². The topological polar surface area (TPSA) is 69.5 Å². The van der Waals surface area contributed by atoms with Gasteiger partial charge in [0.15, 0.2) is 5.96 Å². The number of aliphatic imine (C=N–C) groups is 1. The van der Waals surface area contributed by atoms with Crippen molar-refractivity contribution in [3.63, 3.8) is 0 Å². The van der Waals surface area contributed by atoms with Gasteiger partial charge in [-0.15, -0.1) is 24.0 Å². The molecule has 0 radical (unpaired) electrons. The van der Waals surface area contributed by atoms with Gasteiger partial charge >= 0.3 is 0 Å². The van der Waals surface area contributed by atoms with Gasteiger partial charge in [-0.25, -0.2) is 4.99 Å². The van der Waals surface area contributed by atoms with E-state index >= 15 is 0 Å². The molecule has 0 unspecified atom stereocenters. The molecule has 0 bridgehead atoms. The molecule has 6 heteroatoms. The van der Waals surface area contributed by atoms with Crippen LogP contribution in [0.3, 0.4) is 0 Å². The van der Waals surface area contributed by atoms with E-state index in [1.807, 2.05) is 49.4 Å². The van der Waals surface area contributed by atoms with Crippen molar-refractivity contribution in [3.8, 4) is 0 Å². The third-order valence-corrected chi connectivity index (χ3v) is 3.44. The number of nitrogens with zero attached hydrogens (tertiary/aromatic N) is 2. The fourth-order valence-electron chi connectivity index (χ4n) is 2.23. The first-order chi connectivity index (χ1) is 11.3. The number of benzene rings is 1. The van der Waals surface area contributed by atoms with E-state index in [1.54, 1.807) is 6.20 Å². The molecule has 2 aromatic rings. The van der Waals surface area contributed by atoms with Gasteiger partial charge in [0.05, 0.1) is 13.2 Å². The summed E-state index contributed by atoms with van der Waals surface area (Å²) in [6.07, 6.45) is 2.65. The van der Waals surface area contributed by atoms with Crippen molar-refractivity contribution in [2.75, 3.05) is 13.1 Å². The number of aliphatic hydroxyl groups excluding tert-OH is 1. The molecule has 0 saturated heterocycles. The summed E-state index contributed by atoms with van der Waals surface area (Å²) < 4.78 is 0. The average molecular weight is 440 g/mol. The van der Waals surface area contributed by atoms with Gasteiger partial charge < -0.3 is 15.7 Å². The SMILES string of the molecule is CCNC(=NCc1ccccc1CO)NCCc1ccccn1.I. The predicted molar refractivity (Wildman–Crippen MR) is 109 cm³/mol. The van der Waals surface area contributed by atoms with Crippen molar-refractivity contribution in [1.82, 2.24) is 15.6 Å². The molecule has 24 heavy (non-hydrogen) atoms. The predicted octanol–water partition coefficient (Wildman–Crippen LogP) is 2.49. The van der Waals surface area contributed by atoms with Gasteiger partial charge in [-0.05, 0) is 30.2 Å². The summed E-state index contributed by atoms with van der Waals surface area (Å²) in [5.41, 5.74) is 3.01. The largest absolute Gasteiger partial charge is 0.392 e. The van der Waals surface area contributed by atoms with Crippen molar-refractivity contribution < 1.29 is 5.11 Å². The Bertz CT molecular complexity index is 619. The van der Waals surface area contributed by atoms with Crippen molar-refractivity contribution in [2.24, 2.45) is 4.99 Å². The van der Waals surface area contributed by atoms with Crippen molar-refractivity contribution in [1.29, 1.82) is 0 Å². The number of rotatable bonds is 7. The Labute approximate surface area is 160 Å². The summed E-state index contributed by atoms with van der Waals surface area (Å²) in [6, 6.07) is 13.7. The van der Waals surface area contributed by atoms with Crippen molar-refractivity contribution in [3.05, 3.63) is 65.5 Å². The van der Waals surface area contributed by atoms with Crippen LogP contribution in [0.25, 0.3) is 0 Å². The lowest BCUT2D eigenvalue weighted by Crippen LogP contribution is -2.38. The van der Waals surface area contributed by atoms with Gasteiger partial charge in [0, 0.05) is 31.4 Å². The van der Waals surface area contributed by atoms with Crippen LogP contribution in [0.15, 0.2) is 53.7 Å². The molecule has 0 aliphatic rings. The first-order valence-electron chi connectivity index (χ1n) is 7.93. The second-order valence-corrected chi connectivity index (χ2v) is 5.12. The van der Waals surface area contributed by atoms with E-state index in [0.717, 1.165) is 42.3 Å². The zero-order valence-corrected chi connectivity index (χ0v) is 16.2.